The molecule has 0 aliphatic heterocycles. The largest absolute Gasteiger partial charge is 0.504 e. The molecule has 4 N–H and O–H groups in total. The third-order valence-electron chi connectivity index (χ3n) is 8.33. The van der Waals surface area contributed by atoms with Gasteiger partial charge in [0.15, 0.2) is 23.0 Å². The number of rotatable bonds is 6. The van der Waals surface area contributed by atoms with Crippen LogP contribution in [0.25, 0.3) is 32.7 Å². The predicted octanol–water partition coefficient (Wildman–Crippen LogP) is 7.25. The summed E-state index contributed by atoms with van der Waals surface area (Å²) < 4.78 is 11.0. The molecule has 0 fully saturated rings. The summed E-state index contributed by atoms with van der Waals surface area (Å²) in [6.07, 6.45) is 2.98. The molecule has 0 unspecified atom stereocenters. The quantitative estimate of drug-likeness (QED) is 0.0820. The molecule has 0 spiro atoms. The van der Waals surface area contributed by atoms with E-state index in [0.29, 0.717) is 11.1 Å². The Bertz CT molecular complexity index is 2060. The first-order valence-corrected chi connectivity index (χ1v) is 14.2. The van der Waals surface area contributed by atoms with Crippen molar-refractivity contribution in [3.63, 3.8) is 0 Å². The van der Waals surface area contributed by atoms with Crippen LogP contribution in [0.15, 0.2) is 107 Å². The second kappa shape index (κ2) is 13.0. The molecule has 6 aromatic carbocycles. The maximum Gasteiger partial charge on any atom is 0.202 e. The van der Waals surface area contributed by atoms with Crippen molar-refractivity contribution in [1.29, 1.82) is 0 Å². The fraction of sp³-hybridized carbons (Fsp3) is 0.0811. The van der Waals surface area contributed by atoms with Gasteiger partial charge in [-0.25, -0.2) is 0 Å². The third-order valence-corrected chi connectivity index (χ3v) is 8.33. The Labute approximate surface area is 290 Å². The zero-order chi connectivity index (χ0) is 31.3. The van der Waals surface area contributed by atoms with E-state index in [-0.39, 0.29) is 56.0 Å². The van der Waals surface area contributed by atoms with Crippen LogP contribution in [-0.2, 0) is 38.6 Å². The van der Waals surface area contributed by atoms with Crippen molar-refractivity contribution in [3.05, 3.63) is 119 Å². The number of phenols is 4. The molecule has 0 bridgehead atoms. The van der Waals surface area contributed by atoms with Crippen LogP contribution in [0.2, 0.25) is 0 Å². The zero-order valence-corrected chi connectivity index (χ0v) is 27.0. The first kappa shape index (κ1) is 33.3. The Kier molecular flexibility index (Phi) is 9.22. The number of phenolic OH excluding ortho intramolecular Hbond substituents is 4. The number of methoxy groups -OCH3 is 2. The van der Waals surface area contributed by atoms with Crippen LogP contribution in [-0.4, -0.2) is 47.1 Å². The first-order chi connectivity index (χ1) is 21.8. The molecule has 10 heteroatoms. The van der Waals surface area contributed by atoms with E-state index in [1.54, 1.807) is 38.5 Å². The van der Waals surface area contributed by atoms with E-state index in [9.17, 15) is 20.4 Å². The molecule has 1 aliphatic carbocycles. The summed E-state index contributed by atoms with van der Waals surface area (Å²) in [6.45, 7) is 0. The van der Waals surface area contributed by atoms with Crippen LogP contribution in [0.3, 0.4) is 0 Å². The average molecular weight is 714 g/mol. The van der Waals surface area contributed by atoms with Gasteiger partial charge in [-0.05, 0) is 81.2 Å². The normalized spacial score (nSPS) is 12.9. The number of benzene rings is 6. The van der Waals surface area contributed by atoms with E-state index in [1.807, 2.05) is 60.7 Å². The molecular formula is C37H28N2Ni2O6. The van der Waals surface area contributed by atoms with E-state index in [2.05, 4.69) is 0 Å². The smallest absolute Gasteiger partial charge is 0.202 e. The minimum Gasteiger partial charge on any atom is -0.504 e. The van der Waals surface area contributed by atoms with Crippen molar-refractivity contribution in [1.82, 2.24) is 0 Å². The Balaban J connectivity index is 0.00000217. The maximum absolute atomic E-state index is 10.6. The van der Waals surface area contributed by atoms with Crippen LogP contribution in [0.5, 0.6) is 34.5 Å². The minimum atomic E-state index is -1.39. The first-order valence-electron chi connectivity index (χ1n) is 14.2. The van der Waals surface area contributed by atoms with Gasteiger partial charge in [0.2, 0.25) is 5.66 Å². The number of hydrogen-bond donors (Lipinski definition) is 4. The van der Waals surface area contributed by atoms with Crippen molar-refractivity contribution in [2.45, 2.75) is 5.66 Å². The fourth-order valence-corrected chi connectivity index (χ4v) is 6.08. The summed E-state index contributed by atoms with van der Waals surface area (Å²) in [6, 6.07) is 29.1. The number of para-hydroxylation sites is 2. The maximum atomic E-state index is 10.6. The van der Waals surface area contributed by atoms with E-state index in [1.165, 1.54) is 24.6 Å². The van der Waals surface area contributed by atoms with Crippen molar-refractivity contribution in [2.75, 3.05) is 14.2 Å². The van der Waals surface area contributed by atoms with Crippen LogP contribution in [0.1, 0.15) is 22.3 Å². The summed E-state index contributed by atoms with van der Waals surface area (Å²) in [5.74, 6) is 0.302. The summed E-state index contributed by atoms with van der Waals surface area (Å²) >= 11 is 0. The molecule has 6 aromatic rings. The summed E-state index contributed by atoms with van der Waals surface area (Å²) in [5, 5.41) is 45.5. The average Bonchev–Trinajstić information content (AvgIpc) is 3.35. The van der Waals surface area contributed by atoms with E-state index < -0.39 is 5.66 Å². The van der Waals surface area contributed by atoms with Gasteiger partial charge >= 0.3 is 0 Å². The van der Waals surface area contributed by atoms with Gasteiger partial charge in [0, 0.05) is 67.7 Å². The third kappa shape index (κ3) is 5.44. The Morgan fingerprint density at radius 1 is 0.553 bits per heavy atom. The minimum absolute atomic E-state index is 0. The van der Waals surface area contributed by atoms with Crippen molar-refractivity contribution >= 4 is 34.0 Å². The standard InChI is InChI=1S/C37H28N2O6.2Ni/c1-44-25-11-13-27-21(17-25)9-15-29-33(27)34-28-14-12-26(45-2)18-22(28)10-16-30(34)37(29,38-19-23-5-3-7-31(40)35(23)42)39-20-24-6-4-8-32(41)36(24)43;;/h3-20,40-43H,1-2H3;;/b38-19+,39-20+;;. The molecule has 8 nitrogen and oxygen atoms in total. The zero-order valence-electron chi connectivity index (χ0n) is 25.0. The van der Waals surface area contributed by atoms with E-state index >= 15 is 0 Å². The number of aliphatic imine (C=N–C) groups is 2. The van der Waals surface area contributed by atoms with Gasteiger partial charge in [0.25, 0.3) is 0 Å². The molecule has 47 heavy (non-hydrogen) atoms. The summed E-state index contributed by atoms with van der Waals surface area (Å²) in [7, 11) is 3.26. The van der Waals surface area contributed by atoms with Gasteiger partial charge < -0.3 is 29.9 Å². The second-order valence-electron chi connectivity index (χ2n) is 10.8. The van der Waals surface area contributed by atoms with Crippen LogP contribution in [0, 0.1) is 0 Å². The van der Waals surface area contributed by atoms with Crippen molar-refractivity contribution in [2.24, 2.45) is 9.98 Å². The number of aromatic hydroxyl groups is 4. The summed E-state index contributed by atoms with van der Waals surface area (Å²) in [4.78, 5) is 10.1. The summed E-state index contributed by atoms with van der Waals surface area (Å²) in [5.41, 5.74) is 2.61. The van der Waals surface area contributed by atoms with Crippen LogP contribution >= 0.6 is 0 Å². The monoisotopic (exact) mass is 712 g/mol. The Morgan fingerprint density at radius 2 is 0.979 bits per heavy atom. The van der Waals surface area contributed by atoms with Gasteiger partial charge in [0.1, 0.15) is 11.5 Å². The molecule has 0 amide bonds. The van der Waals surface area contributed by atoms with Gasteiger partial charge in [-0.15, -0.1) is 0 Å². The fourth-order valence-electron chi connectivity index (χ4n) is 6.08. The van der Waals surface area contributed by atoms with Crippen LogP contribution < -0.4 is 9.47 Å². The van der Waals surface area contributed by atoms with Crippen molar-refractivity contribution < 1.29 is 62.9 Å². The number of nitrogens with zero attached hydrogens (tertiary/aromatic N) is 2. The number of ether oxygens (including phenoxy) is 2. The van der Waals surface area contributed by atoms with Gasteiger partial charge in [-0.2, -0.15) is 0 Å². The second-order valence-corrected chi connectivity index (χ2v) is 10.8. The Morgan fingerprint density at radius 3 is 1.38 bits per heavy atom. The number of hydrogen-bond acceptors (Lipinski definition) is 8. The molecule has 0 radical (unpaired) electrons. The van der Waals surface area contributed by atoms with Gasteiger partial charge in [-0.3, -0.25) is 9.98 Å². The van der Waals surface area contributed by atoms with Crippen LogP contribution in [0.4, 0.5) is 0 Å². The van der Waals surface area contributed by atoms with E-state index in [4.69, 9.17) is 19.5 Å². The molecule has 7 rings (SSSR count). The molecule has 0 saturated heterocycles. The molecule has 0 heterocycles. The van der Waals surface area contributed by atoms with Gasteiger partial charge in [0.05, 0.1) is 14.2 Å². The van der Waals surface area contributed by atoms with E-state index in [0.717, 1.165) is 55.3 Å². The molecule has 0 aromatic heterocycles. The molecule has 0 atom stereocenters. The number of fused-ring (bicyclic) bond motifs is 7. The topological polar surface area (TPSA) is 124 Å². The molecule has 1 aliphatic rings. The SMILES string of the molecule is COc1ccc2c3c(ccc2c1)C(/N=C/c1cccc(O)c1O)(/N=C/c1cccc(O)c1O)c1ccc2cc(OC)ccc2c1-3.[Ni].[Ni]. The molecule has 0 saturated carbocycles. The molecular weight excluding hydrogens is 686 g/mol. The molecule has 242 valence electrons. The van der Waals surface area contributed by atoms with Crippen molar-refractivity contribution in [3.8, 4) is 45.6 Å². The Hall–Kier alpha value is -5.03. The van der Waals surface area contributed by atoms with Gasteiger partial charge in [-0.1, -0.05) is 48.5 Å². The predicted molar refractivity (Wildman–Crippen MR) is 176 cm³/mol.